The van der Waals surface area contributed by atoms with Crippen molar-refractivity contribution < 1.29 is 28.2 Å². The van der Waals surface area contributed by atoms with Gasteiger partial charge in [-0.25, -0.2) is 4.98 Å². The van der Waals surface area contributed by atoms with Crippen molar-refractivity contribution in [3.05, 3.63) is 65.3 Å². The van der Waals surface area contributed by atoms with E-state index in [1.807, 2.05) is 24.3 Å². The number of nitrogens with one attached hydrogen (secondary N) is 1. The smallest absolute Gasteiger partial charge is 0.305 e. The van der Waals surface area contributed by atoms with E-state index in [0.717, 1.165) is 55.8 Å². The fourth-order valence-corrected chi connectivity index (χ4v) is 6.22. The molecule has 9 nitrogen and oxygen atoms in total. The van der Waals surface area contributed by atoms with Crippen LogP contribution in [0.4, 0.5) is 0 Å². The van der Waals surface area contributed by atoms with Gasteiger partial charge in [0.1, 0.15) is 24.3 Å². The Hall–Kier alpha value is -3.33. The topological polar surface area (TPSA) is 103 Å². The summed E-state index contributed by atoms with van der Waals surface area (Å²) in [5, 5.41) is 3.03. The lowest BCUT2D eigenvalue weighted by Crippen LogP contribution is -2.29. The summed E-state index contributed by atoms with van der Waals surface area (Å²) in [5.41, 5.74) is 2.11. The van der Waals surface area contributed by atoms with Crippen LogP contribution in [0.2, 0.25) is 0 Å². The van der Waals surface area contributed by atoms with Gasteiger partial charge in [0.15, 0.2) is 5.69 Å². The number of carbonyl (C=O) groups is 2. The Kier molecular flexibility index (Phi) is 10.3. The second-order valence-corrected chi connectivity index (χ2v) is 11.3. The molecular weight excluding hydrogens is 522 g/mol. The summed E-state index contributed by atoms with van der Waals surface area (Å²) < 4.78 is 22.7. The van der Waals surface area contributed by atoms with E-state index in [4.69, 9.17) is 18.6 Å². The van der Waals surface area contributed by atoms with Crippen molar-refractivity contribution in [1.29, 1.82) is 0 Å². The highest BCUT2D eigenvalue weighted by Crippen LogP contribution is 2.39. The van der Waals surface area contributed by atoms with Gasteiger partial charge in [-0.05, 0) is 43.8 Å². The van der Waals surface area contributed by atoms with Crippen molar-refractivity contribution in [2.45, 2.75) is 89.4 Å². The number of likely N-dealkylation sites (tertiary alicyclic amines) is 1. The zero-order valence-electron chi connectivity index (χ0n) is 24.1. The second-order valence-electron chi connectivity index (χ2n) is 11.3. The Bertz CT molecular complexity index is 1180. The first-order chi connectivity index (χ1) is 20.1. The maximum Gasteiger partial charge on any atom is 0.305 e. The van der Waals surface area contributed by atoms with E-state index in [-0.39, 0.29) is 24.3 Å². The molecule has 5 rings (SSSR count). The number of aromatic nitrogens is 1. The second kappa shape index (κ2) is 14.5. The number of esters is 1. The minimum Gasteiger partial charge on any atom is -0.469 e. The van der Waals surface area contributed by atoms with Crippen LogP contribution in [0.15, 0.2) is 47.0 Å². The average molecular weight is 566 g/mol. The summed E-state index contributed by atoms with van der Waals surface area (Å²) in [6.07, 6.45) is 15.4. The van der Waals surface area contributed by atoms with Crippen molar-refractivity contribution in [1.82, 2.24) is 15.2 Å². The number of benzene rings is 1. The average Bonchev–Trinajstić information content (AvgIpc) is 3.80. The molecule has 2 fully saturated rings. The molecule has 0 radical (unpaired) electrons. The maximum absolute atomic E-state index is 12.9. The molecule has 2 unspecified atom stereocenters. The first-order valence-electron chi connectivity index (χ1n) is 15.3. The highest BCUT2D eigenvalue weighted by atomic mass is 16.7. The number of oxazole rings is 1. The van der Waals surface area contributed by atoms with Crippen LogP contribution in [0, 0.1) is 5.92 Å². The Labute approximate surface area is 242 Å². The number of methoxy groups -OCH3 is 1. The van der Waals surface area contributed by atoms with E-state index < -0.39 is 6.29 Å². The predicted octanol–water partition coefficient (Wildman–Crippen LogP) is 6.18. The summed E-state index contributed by atoms with van der Waals surface area (Å²) in [4.78, 5) is 31.5. The Morgan fingerprint density at radius 2 is 1.90 bits per heavy atom. The normalized spacial score (nSPS) is 20.2. The minimum absolute atomic E-state index is 0.201. The fourth-order valence-electron chi connectivity index (χ4n) is 6.22. The number of rotatable bonds is 13. The van der Waals surface area contributed by atoms with Gasteiger partial charge in [0, 0.05) is 18.5 Å². The van der Waals surface area contributed by atoms with E-state index in [9.17, 15) is 9.59 Å². The summed E-state index contributed by atoms with van der Waals surface area (Å²) >= 11 is 0. The fraction of sp³-hybridized carbons (Fsp3) is 0.594. The Morgan fingerprint density at radius 3 is 2.71 bits per heavy atom. The lowest BCUT2D eigenvalue weighted by atomic mass is 9.86. The molecule has 2 atom stereocenters. The van der Waals surface area contributed by atoms with Crippen molar-refractivity contribution in [2.75, 3.05) is 26.7 Å². The summed E-state index contributed by atoms with van der Waals surface area (Å²) in [6.45, 7) is 2.45. The molecule has 3 heterocycles. The van der Waals surface area contributed by atoms with Crippen molar-refractivity contribution in [3.63, 3.8) is 0 Å². The van der Waals surface area contributed by atoms with Crippen LogP contribution >= 0.6 is 0 Å². The Balaban J connectivity index is 1.23. The van der Waals surface area contributed by atoms with Gasteiger partial charge in [0.2, 0.25) is 5.89 Å². The lowest BCUT2D eigenvalue weighted by Gasteiger charge is -2.28. The van der Waals surface area contributed by atoms with Crippen LogP contribution in [0.5, 0.6) is 0 Å². The molecule has 41 heavy (non-hydrogen) atoms. The van der Waals surface area contributed by atoms with E-state index in [1.54, 1.807) is 6.26 Å². The molecule has 1 saturated heterocycles. The highest BCUT2D eigenvalue weighted by molar-refractivity contribution is 5.91. The van der Waals surface area contributed by atoms with E-state index in [0.29, 0.717) is 30.3 Å². The third-order valence-corrected chi connectivity index (χ3v) is 8.47. The van der Waals surface area contributed by atoms with Gasteiger partial charge in [-0.2, -0.15) is 0 Å². The molecule has 3 aliphatic rings. The number of unbranched alkanes of at least 4 members (excludes halogenated alkanes) is 1. The summed E-state index contributed by atoms with van der Waals surface area (Å²) in [7, 11) is 1.37. The van der Waals surface area contributed by atoms with E-state index in [2.05, 4.69) is 15.2 Å². The quantitative estimate of drug-likeness (QED) is 0.227. The first-order valence-corrected chi connectivity index (χ1v) is 15.3. The number of nitrogens with zero attached hydrogens (tertiary/aromatic N) is 2. The highest BCUT2D eigenvalue weighted by Gasteiger charge is 2.34. The van der Waals surface area contributed by atoms with Crippen LogP contribution < -0.4 is 5.32 Å². The number of hydrogen-bond acceptors (Lipinski definition) is 8. The van der Waals surface area contributed by atoms with Gasteiger partial charge in [-0.1, -0.05) is 69.2 Å². The third kappa shape index (κ3) is 7.70. The van der Waals surface area contributed by atoms with Crippen LogP contribution in [-0.2, 0) is 19.0 Å². The molecule has 2 aromatic rings. The van der Waals surface area contributed by atoms with Gasteiger partial charge in [-0.15, -0.1) is 0 Å². The van der Waals surface area contributed by atoms with Crippen molar-refractivity contribution >= 4 is 11.9 Å². The van der Waals surface area contributed by atoms with Crippen molar-refractivity contribution in [3.8, 4) is 0 Å². The molecule has 1 saturated carbocycles. The summed E-state index contributed by atoms with van der Waals surface area (Å²) in [6, 6.07) is 7.66. The SMILES string of the molecule is COC(=O)CCC1=COC(c2ccccc2C(c2nc(C(=O)NCCCCC3CCCCC3)co2)N2CCCC2)O1. The standard InChI is InChI=1S/C32H43N3O6/c1-38-28(36)17-16-24-21-40-32(41-24)26-15-6-5-14-25(26)29(35-19-9-10-20-35)31-34-27(22-39-31)30(37)33-18-8-7-13-23-11-3-2-4-12-23/h5-6,14-15,21-23,29,32H,2-4,7-13,16-20H2,1H3,(H,33,37). The zero-order chi connectivity index (χ0) is 28.4. The van der Waals surface area contributed by atoms with E-state index in [1.165, 1.54) is 51.9 Å². The van der Waals surface area contributed by atoms with Gasteiger partial charge in [0.25, 0.3) is 12.2 Å². The van der Waals surface area contributed by atoms with Gasteiger partial charge in [0.05, 0.1) is 13.5 Å². The van der Waals surface area contributed by atoms with Crippen LogP contribution in [0.25, 0.3) is 0 Å². The number of allylic oxidation sites excluding steroid dienone is 1. The number of carbonyl (C=O) groups excluding carboxylic acids is 2. The maximum atomic E-state index is 12.9. The number of ether oxygens (including phenoxy) is 3. The van der Waals surface area contributed by atoms with E-state index >= 15 is 0 Å². The Morgan fingerprint density at radius 1 is 1.10 bits per heavy atom. The van der Waals surface area contributed by atoms with Gasteiger partial charge < -0.3 is 23.9 Å². The number of amides is 1. The van der Waals surface area contributed by atoms with Crippen LogP contribution in [0.1, 0.15) is 117 Å². The van der Waals surface area contributed by atoms with Crippen LogP contribution in [-0.4, -0.2) is 48.5 Å². The molecule has 0 spiro atoms. The van der Waals surface area contributed by atoms with Crippen molar-refractivity contribution in [2.24, 2.45) is 5.92 Å². The lowest BCUT2D eigenvalue weighted by molar-refractivity contribution is -0.140. The molecule has 1 aliphatic carbocycles. The molecule has 0 bridgehead atoms. The number of hydrogen-bond donors (Lipinski definition) is 1. The molecule has 222 valence electrons. The predicted molar refractivity (Wildman–Crippen MR) is 153 cm³/mol. The molecule has 1 aromatic carbocycles. The molecule has 1 amide bonds. The molecule has 9 heteroatoms. The molecule has 1 N–H and O–H groups in total. The molecule has 2 aliphatic heterocycles. The zero-order valence-corrected chi connectivity index (χ0v) is 24.1. The van der Waals surface area contributed by atoms with Crippen LogP contribution in [0.3, 0.4) is 0 Å². The van der Waals surface area contributed by atoms with Gasteiger partial charge >= 0.3 is 5.97 Å². The molecular formula is C32H43N3O6. The largest absolute Gasteiger partial charge is 0.469 e. The minimum atomic E-state index is -0.643. The third-order valence-electron chi connectivity index (χ3n) is 8.47. The molecule has 1 aromatic heterocycles. The van der Waals surface area contributed by atoms with Gasteiger partial charge in [-0.3, -0.25) is 14.5 Å². The first kappa shape index (κ1) is 29.2. The monoisotopic (exact) mass is 565 g/mol. The summed E-state index contributed by atoms with van der Waals surface area (Å²) in [5.74, 6) is 1.45.